The van der Waals surface area contributed by atoms with Crippen LogP contribution >= 0.6 is 0 Å². The van der Waals surface area contributed by atoms with Gasteiger partial charge < -0.3 is 39.0 Å². The van der Waals surface area contributed by atoms with Crippen molar-refractivity contribution in [2.45, 2.75) is 263 Å². The Morgan fingerprint density at radius 2 is 0.844 bits per heavy atom. The molecule has 0 aromatic rings. The maximum absolute atomic E-state index is 13.1. The van der Waals surface area contributed by atoms with Crippen LogP contribution < -0.4 is 0 Å². The van der Waals surface area contributed by atoms with Crippen LogP contribution in [0.5, 0.6) is 0 Å². The predicted molar refractivity (Wildman–Crippen MR) is 312 cm³/mol. The predicted octanol–water partition coefficient (Wildman–Crippen LogP) is 15.4. The van der Waals surface area contributed by atoms with Crippen molar-refractivity contribution in [2.24, 2.45) is 0 Å². The van der Waals surface area contributed by atoms with Crippen molar-refractivity contribution < 1.29 is 58.2 Å². The molecule has 1 fully saturated rings. The Bertz CT molecular complexity index is 1750. The molecule has 0 amide bonds. The van der Waals surface area contributed by atoms with E-state index in [0.29, 0.717) is 25.7 Å². The standard InChI is InChI=1S/C65H104O12/c1-4-7-10-13-16-19-22-25-27-29-31-34-36-39-42-45-48-51-57(66)73-54-56(75-58(67)52-49-46-43-40-37-33-24-21-18-15-12-9-6-3)55-74-65-63(61(70)60(69)62(77-65)64(71)72)76-59(68)53-50-47-44-41-38-35-32-30-28-26-23-20-17-14-11-8-5-2/h7,9-10,12,16-21,25-28,33,37,43,46,56,60-63,65,69-70H,4-6,8,11,13-15,22-24,29-32,34-36,38-42,44-45,47-55H2,1-3H3,(H,71,72)/b10-7-,12-9-,19-16-,20-17-,21-18-,27-25-,28-26-,37-33-,46-43-. The van der Waals surface area contributed by atoms with Crippen molar-refractivity contribution >= 4 is 23.9 Å². The Balaban J connectivity index is 2.72. The quantitative estimate of drug-likeness (QED) is 0.0228. The minimum atomic E-state index is -1.92. The molecule has 12 heteroatoms. The van der Waals surface area contributed by atoms with Gasteiger partial charge in [0.1, 0.15) is 18.8 Å². The maximum Gasteiger partial charge on any atom is 0.335 e. The number of unbranched alkanes of at least 4 members (excludes halogenated alkanes) is 17. The van der Waals surface area contributed by atoms with E-state index in [1.165, 1.54) is 25.7 Å². The summed E-state index contributed by atoms with van der Waals surface area (Å²) in [7, 11) is 0. The zero-order chi connectivity index (χ0) is 56.1. The fourth-order valence-corrected chi connectivity index (χ4v) is 8.31. The van der Waals surface area contributed by atoms with E-state index in [0.717, 1.165) is 135 Å². The van der Waals surface area contributed by atoms with Crippen molar-refractivity contribution in [3.8, 4) is 0 Å². The molecular formula is C65H104O12. The Labute approximate surface area is 465 Å². The number of aliphatic hydroxyl groups is 2. The van der Waals surface area contributed by atoms with Crippen LogP contribution in [0.1, 0.15) is 226 Å². The lowest BCUT2D eigenvalue weighted by molar-refractivity contribution is -0.301. The molecule has 3 N–H and O–H groups in total. The molecule has 12 nitrogen and oxygen atoms in total. The molecule has 0 aromatic heterocycles. The van der Waals surface area contributed by atoms with E-state index >= 15 is 0 Å². The van der Waals surface area contributed by atoms with Crippen LogP contribution in [0, 0.1) is 0 Å². The summed E-state index contributed by atoms with van der Waals surface area (Å²) in [6.45, 7) is 5.66. The van der Waals surface area contributed by atoms with Crippen molar-refractivity contribution in [3.63, 3.8) is 0 Å². The number of hydrogen-bond donors (Lipinski definition) is 3. The topological polar surface area (TPSA) is 175 Å². The van der Waals surface area contributed by atoms with E-state index < -0.39 is 67.3 Å². The molecule has 1 aliphatic heterocycles. The third kappa shape index (κ3) is 42.1. The summed E-state index contributed by atoms with van der Waals surface area (Å²) in [5, 5.41) is 31.5. The average molecular weight is 1080 g/mol. The van der Waals surface area contributed by atoms with Crippen LogP contribution in [0.3, 0.4) is 0 Å². The van der Waals surface area contributed by atoms with E-state index in [1.807, 2.05) is 12.2 Å². The molecule has 0 bridgehead atoms. The highest BCUT2D eigenvalue weighted by Gasteiger charge is 2.50. The summed E-state index contributed by atoms with van der Waals surface area (Å²) in [4.78, 5) is 51.1. The molecule has 6 atom stereocenters. The van der Waals surface area contributed by atoms with E-state index in [2.05, 4.69) is 118 Å². The molecule has 1 rings (SSSR count). The Hall–Kier alpha value is -4.62. The van der Waals surface area contributed by atoms with Crippen LogP contribution in [0.15, 0.2) is 109 Å². The average Bonchev–Trinajstić information content (AvgIpc) is 3.42. The zero-order valence-electron chi connectivity index (χ0n) is 47.9. The number of hydrogen-bond acceptors (Lipinski definition) is 11. The van der Waals surface area contributed by atoms with Crippen LogP contribution in [-0.2, 0) is 42.9 Å². The number of rotatable bonds is 49. The minimum absolute atomic E-state index is 0.0335. The second-order valence-electron chi connectivity index (χ2n) is 19.9. The van der Waals surface area contributed by atoms with Crippen LogP contribution in [0.25, 0.3) is 0 Å². The number of aliphatic hydroxyl groups excluding tert-OH is 2. The molecule has 436 valence electrons. The third-order valence-electron chi connectivity index (χ3n) is 12.8. The molecule has 0 saturated carbocycles. The molecule has 6 unspecified atom stereocenters. The number of allylic oxidation sites excluding steroid dienone is 18. The molecule has 1 aliphatic rings. The van der Waals surface area contributed by atoms with Gasteiger partial charge in [0.2, 0.25) is 0 Å². The Kier molecular flexibility index (Phi) is 47.6. The molecule has 0 aromatic carbocycles. The first kappa shape index (κ1) is 70.4. The van der Waals surface area contributed by atoms with E-state index in [4.69, 9.17) is 23.7 Å². The van der Waals surface area contributed by atoms with Crippen LogP contribution in [-0.4, -0.2) is 89.2 Å². The first-order valence-corrected chi connectivity index (χ1v) is 29.9. The lowest BCUT2D eigenvalue weighted by Crippen LogP contribution is -2.61. The van der Waals surface area contributed by atoms with Crippen molar-refractivity contribution in [1.29, 1.82) is 0 Å². The van der Waals surface area contributed by atoms with Crippen LogP contribution in [0.2, 0.25) is 0 Å². The van der Waals surface area contributed by atoms with Gasteiger partial charge in [0.15, 0.2) is 24.6 Å². The van der Waals surface area contributed by atoms with Gasteiger partial charge in [-0.15, -0.1) is 0 Å². The largest absolute Gasteiger partial charge is 0.479 e. The third-order valence-corrected chi connectivity index (χ3v) is 12.8. The summed E-state index contributed by atoms with van der Waals surface area (Å²) < 4.78 is 28.3. The number of carbonyl (C=O) groups excluding carboxylic acids is 3. The summed E-state index contributed by atoms with van der Waals surface area (Å²) in [5.41, 5.74) is 0. The van der Waals surface area contributed by atoms with Gasteiger partial charge in [-0.2, -0.15) is 0 Å². The highest BCUT2D eigenvalue weighted by molar-refractivity contribution is 5.74. The summed E-state index contributed by atoms with van der Waals surface area (Å²) >= 11 is 0. The fourth-order valence-electron chi connectivity index (χ4n) is 8.31. The number of carboxylic acids is 1. The van der Waals surface area contributed by atoms with E-state index in [-0.39, 0.29) is 25.9 Å². The van der Waals surface area contributed by atoms with Crippen molar-refractivity contribution in [1.82, 2.24) is 0 Å². The molecule has 77 heavy (non-hydrogen) atoms. The smallest absolute Gasteiger partial charge is 0.335 e. The molecule has 1 heterocycles. The molecular weight excluding hydrogens is 973 g/mol. The number of carboxylic acid groups (broad SMARTS) is 1. The van der Waals surface area contributed by atoms with Gasteiger partial charge in [-0.05, 0) is 109 Å². The zero-order valence-corrected chi connectivity index (χ0v) is 47.9. The van der Waals surface area contributed by atoms with Crippen LogP contribution in [0.4, 0.5) is 0 Å². The second-order valence-corrected chi connectivity index (χ2v) is 19.9. The van der Waals surface area contributed by atoms with Gasteiger partial charge in [0, 0.05) is 19.3 Å². The number of aliphatic carboxylic acids is 1. The summed E-state index contributed by atoms with van der Waals surface area (Å²) in [6.07, 6.45) is 57.8. The van der Waals surface area contributed by atoms with Gasteiger partial charge >= 0.3 is 23.9 Å². The summed E-state index contributed by atoms with van der Waals surface area (Å²) in [6, 6.07) is 0. The van der Waals surface area contributed by atoms with Crippen molar-refractivity contribution in [3.05, 3.63) is 109 Å². The molecule has 0 aliphatic carbocycles. The highest BCUT2D eigenvalue weighted by atomic mass is 16.7. The lowest BCUT2D eigenvalue weighted by atomic mass is 9.98. The van der Waals surface area contributed by atoms with E-state index in [1.54, 1.807) is 0 Å². The Morgan fingerprint density at radius 3 is 1.30 bits per heavy atom. The van der Waals surface area contributed by atoms with Gasteiger partial charge in [-0.3, -0.25) is 14.4 Å². The molecule has 1 saturated heterocycles. The fraction of sp³-hybridized carbons (Fsp3) is 0.662. The van der Waals surface area contributed by atoms with Gasteiger partial charge in [0.25, 0.3) is 0 Å². The van der Waals surface area contributed by atoms with Crippen molar-refractivity contribution in [2.75, 3.05) is 13.2 Å². The number of esters is 3. The highest BCUT2D eigenvalue weighted by Crippen LogP contribution is 2.26. The van der Waals surface area contributed by atoms with Gasteiger partial charge in [-0.1, -0.05) is 207 Å². The minimum Gasteiger partial charge on any atom is -0.479 e. The van der Waals surface area contributed by atoms with Gasteiger partial charge in [-0.25, -0.2) is 4.79 Å². The number of ether oxygens (including phenoxy) is 5. The van der Waals surface area contributed by atoms with Gasteiger partial charge in [0.05, 0.1) is 6.61 Å². The second kappa shape index (κ2) is 52.1. The Morgan fingerprint density at radius 1 is 0.442 bits per heavy atom. The first-order valence-electron chi connectivity index (χ1n) is 29.9. The first-order chi connectivity index (χ1) is 37.6. The normalized spacial score (nSPS) is 18.8. The summed E-state index contributed by atoms with van der Waals surface area (Å²) in [5.74, 6) is -3.26. The van der Waals surface area contributed by atoms with E-state index in [9.17, 15) is 34.5 Å². The lowest BCUT2D eigenvalue weighted by Gasteiger charge is -2.40. The maximum atomic E-state index is 13.1. The molecule has 0 spiro atoms. The number of carbonyl (C=O) groups is 4. The monoisotopic (exact) mass is 1080 g/mol. The SMILES string of the molecule is CC/C=C\C/C=C\C/C=C\C/C=C\CCC(=O)OC(COC(=O)CCCCCCCCC/C=C\C/C=C\C/C=C\CC)COC1OC(C(=O)O)C(O)C(O)C1OC(=O)CCCCCCCCC/C=C\C/C=C\CCCCC. The molecule has 0 radical (unpaired) electrons.